The third-order valence-corrected chi connectivity index (χ3v) is 1.98. The van der Waals surface area contributed by atoms with Crippen LogP contribution in [0.2, 0.25) is 0 Å². The summed E-state index contributed by atoms with van der Waals surface area (Å²) in [6.45, 7) is 1.80. The van der Waals surface area contributed by atoms with Gasteiger partial charge in [0, 0.05) is 26.0 Å². The van der Waals surface area contributed by atoms with Crippen LogP contribution < -0.4 is 0 Å². The number of hydrogen-bond donors (Lipinski definition) is 0. The first-order chi connectivity index (χ1) is 5.52. The molecule has 0 spiro atoms. The SMILES string of the molecule is CC1=CN(C)C(=O)CC(=O)N1C. The molecule has 1 heterocycles. The Hall–Kier alpha value is -1.32. The van der Waals surface area contributed by atoms with Crippen LogP contribution in [0.15, 0.2) is 11.9 Å². The molecule has 0 aromatic rings. The molecule has 0 fully saturated rings. The first-order valence-corrected chi connectivity index (χ1v) is 3.73. The van der Waals surface area contributed by atoms with Crippen molar-refractivity contribution in [3.8, 4) is 0 Å². The molecule has 0 aromatic carbocycles. The van der Waals surface area contributed by atoms with Crippen LogP contribution in [0.3, 0.4) is 0 Å². The average molecular weight is 168 g/mol. The molecule has 0 aromatic heterocycles. The maximum Gasteiger partial charge on any atom is 0.235 e. The van der Waals surface area contributed by atoms with E-state index >= 15 is 0 Å². The van der Waals surface area contributed by atoms with Gasteiger partial charge in [0.2, 0.25) is 11.8 Å². The highest BCUT2D eigenvalue weighted by Crippen LogP contribution is 2.10. The summed E-state index contributed by atoms with van der Waals surface area (Å²) in [4.78, 5) is 25.3. The Kier molecular flexibility index (Phi) is 2.17. The molecular formula is C8H12N2O2. The highest BCUT2D eigenvalue weighted by molar-refractivity contribution is 5.98. The second-order valence-electron chi connectivity index (χ2n) is 2.90. The van der Waals surface area contributed by atoms with Gasteiger partial charge in [-0.25, -0.2) is 0 Å². The molecule has 4 heteroatoms. The molecule has 1 aliphatic heterocycles. The minimum atomic E-state index is -0.163. The molecule has 1 rings (SSSR count). The Morgan fingerprint density at radius 1 is 1.25 bits per heavy atom. The average Bonchev–Trinajstić information content (AvgIpc) is 2.07. The van der Waals surface area contributed by atoms with Gasteiger partial charge in [-0.2, -0.15) is 0 Å². The number of hydrogen-bond acceptors (Lipinski definition) is 2. The molecule has 0 bridgehead atoms. The van der Waals surface area contributed by atoms with Gasteiger partial charge in [0.1, 0.15) is 6.42 Å². The zero-order valence-electron chi connectivity index (χ0n) is 7.50. The maximum absolute atomic E-state index is 11.2. The summed E-state index contributed by atoms with van der Waals surface area (Å²) in [6, 6.07) is 0. The van der Waals surface area contributed by atoms with Crippen LogP contribution in [0.5, 0.6) is 0 Å². The van der Waals surface area contributed by atoms with Crippen LogP contribution in [0.1, 0.15) is 13.3 Å². The van der Waals surface area contributed by atoms with Gasteiger partial charge in [0.25, 0.3) is 0 Å². The van der Waals surface area contributed by atoms with E-state index in [2.05, 4.69) is 0 Å². The summed E-state index contributed by atoms with van der Waals surface area (Å²) in [5, 5.41) is 0. The lowest BCUT2D eigenvalue weighted by molar-refractivity contribution is -0.135. The van der Waals surface area contributed by atoms with Crippen molar-refractivity contribution in [2.75, 3.05) is 14.1 Å². The number of nitrogens with zero attached hydrogens (tertiary/aromatic N) is 2. The Balaban J connectivity index is 2.95. The molecule has 4 nitrogen and oxygen atoms in total. The molecule has 12 heavy (non-hydrogen) atoms. The van der Waals surface area contributed by atoms with Crippen molar-refractivity contribution in [2.24, 2.45) is 0 Å². The lowest BCUT2D eigenvalue weighted by Gasteiger charge is -2.13. The molecule has 0 saturated heterocycles. The maximum atomic E-state index is 11.2. The fourth-order valence-corrected chi connectivity index (χ4v) is 1.01. The van der Waals surface area contributed by atoms with E-state index in [9.17, 15) is 9.59 Å². The van der Waals surface area contributed by atoms with Crippen LogP contribution >= 0.6 is 0 Å². The van der Waals surface area contributed by atoms with Crippen molar-refractivity contribution in [3.05, 3.63) is 11.9 Å². The summed E-state index contributed by atoms with van der Waals surface area (Å²) in [5.41, 5.74) is 0.786. The number of rotatable bonds is 0. The van der Waals surface area contributed by atoms with Gasteiger partial charge < -0.3 is 9.80 Å². The summed E-state index contributed by atoms with van der Waals surface area (Å²) < 4.78 is 0. The quantitative estimate of drug-likeness (QED) is 0.484. The van der Waals surface area contributed by atoms with E-state index < -0.39 is 0 Å². The number of carbonyl (C=O) groups excluding carboxylic acids is 2. The topological polar surface area (TPSA) is 40.6 Å². The summed E-state index contributed by atoms with van der Waals surface area (Å²) in [7, 11) is 3.32. The van der Waals surface area contributed by atoms with E-state index in [-0.39, 0.29) is 18.2 Å². The predicted octanol–water partition coefficient (Wildman–Crippen LogP) is 0.168. The van der Waals surface area contributed by atoms with E-state index in [1.54, 1.807) is 27.2 Å². The first kappa shape index (κ1) is 8.77. The Labute approximate surface area is 71.4 Å². The molecule has 66 valence electrons. The van der Waals surface area contributed by atoms with Crippen LogP contribution in [-0.4, -0.2) is 35.7 Å². The van der Waals surface area contributed by atoms with Crippen LogP contribution in [-0.2, 0) is 9.59 Å². The Morgan fingerprint density at radius 2 is 1.83 bits per heavy atom. The third-order valence-electron chi connectivity index (χ3n) is 1.98. The normalized spacial score (nSPS) is 19.4. The zero-order chi connectivity index (χ0) is 9.30. The van der Waals surface area contributed by atoms with Gasteiger partial charge in [-0.05, 0) is 6.92 Å². The monoisotopic (exact) mass is 168 g/mol. The van der Waals surface area contributed by atoms with Gasteiger partial charge in [-0.15, -0.1) is 0 Å². The van der Waals surface area contributed by atoms with Gasteiger partial charge in [0.15, 0.2) is 0 Å². The molecular weight excluding hydrogens is 156 g/mol. The Bertz CT molecular complexity index is 258. The van der Waals surface area contributed by atoms with Crippen molar-refractivity contribution < 1.29 is 9.59 Å². The van der Waals surface area contributed by atoms with Crippen molar-refractivity contribution in [1.29, 1.82) is 0 Å². The zero-order valence-corrected chi connectivity index (χ0v) is 7.50. The smallest absolute Gasteiger partial charge is 0.235 e. The first-order valence-electron chi connectivity index (χ1n) is 3.73. The fourth-order valence-electron chi connectivity index (χ4n) is 1.01. The third kappa shape index (κ3) is 1.47. The van der Waals surface area contributed by atoms with E-state index in [1.807, 2.05) is 0 Å². The van der Waals surface area contributed by atoms with Gasteiger partial charge in [-0.1, -0.05) is 0 Å². The van der Waals surface area contributed by atoms with Gasteiger partial charge in [-0.3, -0.25) is 9.59 Å². The summed E-state index contributed by atoms with van der Waals surface area (Å²) in [6.07, 6.45) is 1.62. The Morgan fingerprint density at radius 3 is 2.42 bits per heavy atom. The van der Waals surface area contributed by atoms with E-state index in [0.717, 1.165) is 5.70 Å². The molecule has 0 atom stereocenters. The lowest BCUT2D eigenvalue weighted by atomic mass is 10.3. The molecule has 1 aliphatic rings. The lowest BCUT2D eigenvalue weighted by Crippen LogP contribution is -2.26. The molecule has 0 unspecified atom stereocenters. The minimum absolute atomic E-state index is 0.0408. The molecule has 0 radical (unpaired) electrons. The van der Waals surface area contributed by atoms with Crippen molar-refractivity contribution >= 4 is 11.8 Å². The fraction of sp³-hybridized carbons (Fsp3) is 0.500. The number of allylic oxidation sites excluding steroid dienone is 1. The largest absolute Gasteiger partial charge is 0.320 e. The summed E-state index contributed by atoms with van der Waals surface area (Å²) in [5.74, 6) is -0.318. The van der Waals surface area contributed by atoms with E-state index in [4.69, 9.17) is 0 Å². The van der Waals surface area contributed by atoms with Gasteiger partial charge >= 0.3 is 0 Å². The second kappa shape index (κ2) is 2.97. The highest BCUT2D eigenvalue weighted by Gasteiger charge is 2.21. The molecule has 0 aliphatic carbocycles. The summed E-state index contributed by atoms with van der Waals surface area (Å²) >= 11 is 0. The molecule has 2 amide bonds. The minimum Gasteiger partial charge on any atom is -0.320 e. The molecule has 0 saturated carbocycles. The van der Waals surface area contributed by atoms with Crippen molar-refractivity contribution in [3.63, 3.8) is 0 Å². The van der Waals surface area contributed by atoms with Gasteiger partial charge in [0.05, 0.1) is 0 Å². The van der Waals surface area contributed by atoms with E-state index in [0.29, 0.717) is 0 Å². The highest BCUT2D eigenvalue weighted by atomic mass is 16.2. The standard InChI is InChI=1S/C8H12N2O2/c1-6-5-9(2)7(11)4-8(12)10(6)3/h5H,4H2,1-3H3. The van der Waals surface area contributed by atoms with E-state index in [1.165, 1.54) is 9.80 Å². The predicted molar refractivity (Wildman–Crippen MR) is 43.9 cm³/mol. The molecule has 0 N–H and O–H groups in total. The van der Waals surface area contributed by atoms with Crippen molar-refractivity contribution in [2.45, 2.75) is 13.3 Å². The van der Waals surface area contributed by atoms with Crippen molar-refractivity contribution in [1.82, 2.24) is 9.80 Å². The number of amides is 2. The van der Waals surface area contributed by atoms with Crippen LogP contribution in [0.25, 0.3) is 0 Å². The number of carbonyl (C=O) groups is 2. The van der Waals surface area contributed by atoms with Crippen LogP contribution in [0, 0.1) is 0 Å². The second-order valence-corrected chi connectivity index (χ2v) is 2.90. The van der Waals surface area contributed by atoms with Crippen LogP contribution in [0.4, 0.5) is 0 Å².